The van der Waals surface area contributed by atoms with Crippen LogP contribution in [0.3, 0.4) is 0 Å². The van der Waals surface area contributed by atoms with E-state index in [-0.39, 0.29) is 5.57 Å². The van der Waals surface area contributed by atoms with E-state index < -0.39 is 11.7 Å². The Bertz CT molecular complexity index is 458. The number of allylic oxidation sites excluding steroid dienone is 2. The summed E-state index contributed by atoms with van der Waals surface area (Å²) in [6.07, 6.45) is 2.73. The molecule has 0 saturated heterocycles. The van der Waals surface area contributed by atoms with E-state index in [4.69, 9.17) is 0 Å². The van der Waals surface area contributed by atoms with Gasteiger partial charge in [0, 0.05) is 5.69 Å². The lowest BCUT2D eigenvalue weighted by Gasteiger charge is -2.07. The van der Waals surface area contributed by atoms with Crippen LogP contribution in [0.4, 0.5) is 10.1 Å². The molecule has 0 aliphatic carbocycles. The van der Waals surface area contributed by atoms with Gasteiger partial charge in [0.1, 0.15) is 5.83 Å². The number of halogens is 1. The highest BCUT2D eigenvalue weighted by atomic mass is 19.1. The van der Waals surface area contributed by atoms with Gasteiger partial charge in [0.05, 0.1) is 5.57 Å². The van der Waals surface area contributed by atoms with Crippen molar-refractivity contribution in [1.82, 2.24) is 0 Å². The van der Waals surface area contributed by atoms with Crippen molar-refractivity contribution in [3.63, 3.8) is 0 Å². The molecule has 0 spiro atoms. The smallest absolute Gasteiger partial charge is 0.258 e. The van der Waals surface area contributed by atoms with Gasteiger partial charge in [-0.05, 0) is 32.9 Å². The molecule has 2 nitrogen and oxygen atoms in total. The molecule has 90 valence electrons. The third kappa shape index (κ3) is 3.55. The van der Waals surface area contributed by atoms with Crippen LogP contribution in [0.15, 0.2) is 47.8 Å². The molecule has 0 aromatic heterocycles. The number of carbonyl (C=O) groups excluding carboxylic acids is 1. The van der Waals surface area contributed by atoms with Crippen molar-refractivity contribution in [2.75, 3.05) is 5.32 Å². The molecule has 0 fully saturated rings. The molecule has 1 N–H and O–H groups in total. The van der Waals surface area contributed by atoms with Crippen molar-refractivity contribution in [2.24, 2.45) is 0 Å². The van der Waals surface area contributed by atoms with Crippen molar-refractivity contribution < 1.29 is 9.18 Å². The quantitative estimate of drug-likeness (QED) is 0.625. The van der Waals surface area contributed by atoms with Gasteiger partial charge in [0.15, 0.2) is 0 Å². The summed E-state index contributed by atoms with van der Waals surface area (Å²) in [5.41, 5.74) is 1.81. The lowest BCUT2D eigenvalue weighted by molar-refractivity contribution is -0.112. The van der Waals surface area contributed by atoms with Gasteiger partial charge in [-0.15, -0.1) is 0 Å². The Hall–Kier alpha value is -1.90. The number of benzene rings is 1. The Morgan fingerprint density at radius 2 is 1.76 bits per heavy atom. The normalized spacial score (nSPS) is 12.5. The molecule has 0 aliphatic heterocycles. The summed E-state index contributed by atoms with van der Waals surface area (Å²) in [6.45, 7) is 5.15. The summed E-state index contributed by atoms with van der Waals surface area (Å²) in [5, 5.41) is 2.65. The third-order valence-electron chi connectivity index (χ3n) is 2.35. The second-order valence-electron chi connectivity index (χ2n) is 3.66. The maximum absolute atomic E-state index is 13.3. The van der Waals surface area contributed by atoms with Crippen LogP contribution in [-0.2, 0) is 4.79 Å². The van der Waals surface area contributed by atoms with E-state index in [1.807, 2.05) is 19.1 Å². The van der Waals surface area contributed by atoms with Crippen LogP contribution in [0.2, 0.25) is 0 Å². The minimum atomic E-state index is -0.517. The van der Waals surface area contributed by atoms with Crippen LogP contribution in [0.25, 0.3) is 0 Å². The van der Waals surface area contributed by atoms with Gasteiger partial charge < -0.3 is 5.32 Å². The molecule has 0 heterocycles. The van der Waals surface area contributed by atoms with Crippen LogP contribution < -0.4 is 5.32 Å². The fourth-order valence-electron chi connectivity index (χ4n) is 1.37. The van der Waals surface area contributed by atoms with Gasteiger partial charge >= 0.3 is 0 Å². The fraction of sp³-hybridized carbons (Fsp3) is 0.214. The number of rotatable bonds is 3. The minimum Gasteiger partial charge on any atom is -0.322 e. The van der Waals surface area contributed by atoms with Gasteiger partial charge in [-0.25, -0.2) is 4.39 Å². The van der Waals surface area contributed by atoms with Crippen molar-refractivity contribution in [1.29, 1.82) is 0 Å². The number of amides is 1. The Morgan fingerprint density at radius 1 is 1.18 bits per heavy atom. The van der Waals surface area contributed by atoms with Crippen molar-refractivity contribution >= 4 is 11.6 Å². The van der Waals surface area contributed by atoms with E-state index in [0.29, 0.717) is 5.69 Å². The maximum Gasteiger partial charge on any atom is 0.258 e. The largest absolute Gasteiger partial charge is 0.322 e. The number of aryl methyl sites for hydroxylation is 1. The van der Waals surface area contributed by atoms with Crippen LogP contribution in [0, 0.1) is 6.92 Å². The van der Waals surface area contributed by atoms with Gasteiger partial charge in [-0.2, -0.15) is 0 Å². The molecule has 1 amide bonds. The fourth-order valence-corrected chi connectivity index (χ4v) is 1.37. The first-order valence-corrected chi connectivity index (χ1v) is 5.45. The minimum absolute atomic E-state index is 0.0491. The van der Waals surface area contributed by atoms with E-state index in [9.17, 15) is 9.18 Å². The molecule has 1 aromatic carbocycles. The number of hydrogen-bond donors (Lipinski definition) is 1. The van der Waals surface area contributed by atoms with E-state index in [1.54, 1.807) is 26.0 Å². The molecule has 0 aliphatic rings. The highest BCUT2D eigenvalue weighted by molar-refractivity contribution is 6.06. The summed E-state index contributed by atoms with van der Waals surface area (Å²) < 4.78 is 13.3. The highest BCUT2D eigenvalue weighted by Crippen LogP contribution is 2.15. The zero-order chi connectivity index (χ0) is 12.8. The van der Waals surface area contributed by atoms with Gasteiger partial charge in [0.25, 0.3) is 5.91 Å². The molecular weight excluding hydrogens is 217 g/mol. The molecule has 0 atom stereocenters. The summed E-state index contributed by atoms with van der Waals surface area (Å²) in [7, 11) is 0. The molecule has 1 aromatic rings. The standard InChI is InChI=1S/C14H16FNO/c1-4-12(13(15)5-2)14(17)16-11-8-6-10(3)7-9-11/h4-9H,1-3H3,(H,16,17). The van der Waals surface area contributed by atoms with Crippen molar-refractivity contribution in [3.8, 4) is 0 Å². The lowest BCUT2D eigenvalue weighted by atomic mass is 10.2. The van der Waals surface area contributed by atoms with E-state index in [2.05, 4.69) is 5.32 Å². The summed E-state index contributed by atoms with van der Waals surface area (Å²) in [4.78, 5) is 11.8. The van der Waals surface area contributed by atoms with Crippen LogP contribution in [0.5, 0.6) is 0 Å². The molecule has 1 rings (SSSR count). The Morgan fingerprint density at radius 3 is 2.24 bits per heavy atom. The predicted octanol–water partition coefficient (Wildman–Crippen LogP) is 3.75. The molecular formula is C14H16FNO. The van der Waals surface area contributed by atoms with E-state index >= 15 is 0 Å². The first-order chi connectivity index (χ1) is 8.08. The molecule has 0 radical (unpaired) electrons. The average molecular weight is 233 g/mol. The monoisotopic (exact) mass is 233 g/mol. The Kier molecular flexibility index (Phi) is 4.64. The molecule has 17 heavy (non-hydrogen) atoms. The summed E-state index contributed by atoms with van der Waals surface area (Å²) in [6, 6.07) is 7.34. The first-order valence-electron chi connectivity index (χ1n) is 5.45. The molecule has 0 unspecified atom stereocenters. The van der Waals surface area contributed by atoms with Gasteiger partial charge in [-0.3, -0.25) is 4.79 Å². The van der Waals surface area contributed by atoms with Gasteiger partial charge in [0.2, 0.25) is 0 Å². The van der Waals surface area contributed by atoms with Crippen LogP contribution in [-0.4, -0.2) is 5.91 Å². The van der Waals surface area contributed by atoms with E-state index in [0.717, 1.165) is 5.56 Å². The predicted molar refractivity (Wildman–Crippen MR) is 68.4 cm³/mol. The van der Waals surface area contributed by atoms with E-state index in [1.165, 1.54) is 12.2 Å². The first kappa shape index (κ1) is 13.2. The van der Waals surface area contributed by atoms with Crippen LogP contribution >= 0.6 is 0 Å². The molecule has 3 heteroatoms. The summed E-state index contributed by atoms with van der Waals surface area (Å²) in [5.74, 6) is -0.955. The third-order valence-corrected chi connectivity index (χ3v) is 2.35. The molecule has 0 saturated carbocycles. The maximum atomic E-state index is 13.3. The Labute approximate surface area is 101 Å². The van der Waals surface area contributed by atoms with Gasteiger partial charge in [-0.1, -0.05) is 29.8 Å². The molecule has 0 bridgehead atoms. The summed E-state index contributed by atoms with van der Waals surface area (Å²) >= 11 is 0. The average Bonchev–Trinajstić information content (AvgIpc) is 2.32. The topological polar surface area (TPSA) is 29.1 Å². The van der Waals surface area contributed by atoms with Crippen LogP contribution in [0.1, 0.15) is 19.4 Å². The number of anilines is 1. The zero-order valence-corrected chi connectivity index (χ0v) is 10.3. The Balaban J connectivity index is 2.82. The highest BCUT2D eigenvalue weighted by Gasteiger charge is 2.12. The SMILES string of the molecule is CC=C(F)C(=CC)C(=O)Nc1ccc(C)cc1. The van der Waals surface area contributed by atoms with Crippen molar-refractivity contribution in [2.45, 2.75) is 20.8 Å². The zero-order valence-electron chi connectivity index (χ0n) is 10.3. The second-order valence-corrected chi connectivity index (χ2v) is 3.66. The second kappa shape index (κ2) is 5.99. The number of carbonyl (C=O) groups is 1. The number of nitrogens with one attached hydrogen (secondary N) is 1. The van der Waals surface area contributed by atoms with Crippen molar-refractivity contribution in [3.05, 3.63) is 53.4 Å². The lowest BCUT2D eigenvalue weighted by Crippen LogP contribution is -2.14. The number of hydrogen-bond acceptors (Lipinski definition) is 1.